The zero-order chi connectivity index (χ0) is 21.2. The second-order valence-corrected chi connectivity index (χ2v) is 6.44. The predicted molar refractivity (Wildman–Crippen MR) is 94.2 cm³/mol. The zero-order valence-corrected chi connectivity index (χ0v) is 15.2. The van der Waals surface area contributed by atoms with Gasteiger partial charge in [0, 0.05) is 11.1 Å². The quantitative estimate of drug-likeness (QED) is 0.733. The zero-order valence-electron chi connectivity index (χ0n) is 15.2. The number of hydrogen-bond donors (Lipinski definition) is 1. The number of benzene rings is 2. The molecule has 1 heterocycles. The van der Waals surface area contributed by atoms with Gasteiger partial charge in [0.05, 0.1) is 32.2 Å². The van der Waals surface area contributed by atoms with Crippen LogP contribution in [0.5, 0.6) is 17.2 Å². The number of phenolic OH excluding ortho intramolecular Hbond substituents is 1. The Morgan fingerprint density at radius 2 is 1.55 bits per heavy atom. The molecule has 6 nitrogen and oxygen atoms in total. The van der Waals surface area contributed by atoms with Crippen molar-refractivity contribution in [2.24, 2.45) is 11.8 Å². The van der Waals surface area contributed by atoms with Crippen molar-refractivity contribution in [2.75, 3.05) is 20.3 Å². The van der Waals surface area contributed by atoms with Crippen molar-refractivity contribution >= 4 is 11.6 Å². The molecule has 2 aromatic carbocycles. The standard InChI is InChI=1S/C20H17F3O6/c1-27-17-8-12(4-7-16(17)24)19(26)15-10-28-9-14(15)18(25)11-2-5-13(6-3-11)29-20(21,22)23/h2-8,14-15,24H,9-10H2,1H3/t14-,15-/m0/s1. The molecule has 1 aliphatic rings. The highest BCUT2D eigenvalue weighted by Gasteiger charge is 2.39. The minimum Gasteiger partial charge on any atom is -0.504 e. The van der Waals surface area contributed by atoms with Crippen LogP contribution in [0.25, 0.3) is 0 Å². The highest BCUT2D eigenvalue weighted by molar-refractivity contribution is 6.05. The minimum absolute atomic E-state index is 0.0191. The van der Waals surface area contributed by atoms with Crippen molar-refractivity contribution < 1.29 is 42.1 Å². The lowest BCUT2D eigenvalue weighted by Crippen LogP contribution is -2.29. The first kappa shape index (κ1) is 20.7. The fourth-order valence-electron chi connectivity index (χ4n) is 3.15. The first-order chi connectivity index (χ1) is 13.7. The molecule has 0 spiro atoms. The molecule has 0 aromatic heterocycles. The van der Waals surface area contributed by atoms with E-state index in [2.05, 4.69) is 4.74 Å². The normalized spacial score (nSPS) is 19.0. The van der Waals surface area contributed by atoms with E-state index in [0.29, 0.717) is 0 Å². The fraction of sp³-hybridized carbons (Fsp3) is 0.300. The molecule has 2 aromatic rings. The van der Waals surface area contributed by atoms with E-state index in [9.17, 15) is 27.9 Å². The van der Waals surface area contributed by atoms with Gasteiger partial charge in [0.25, 0.3) is 0 Å². The van der Waals surface area contributed by atoms with Gasteiger partial charge in [-0.2, -0.15) is 0 Å². The van der Waals surface area contributed by atoms with E-state index in [-0.39, 0.29) is 41.6 Å². The van der Waals surface area contributed by atoms with Gasteiger partial charge >= 0.3 is 6.36 Å². The number of ketones is 2. The number of alkyl halides is 3. The van der Waals surface area contributed by atoms with E-state index >= 15 is 0 Å². The third kappa shape index (κ3) is 4.68. The number of carbonyl (C=O) groups excluding carboxylic acids is 2. The van der Waals surface area contributed by atoms with Gasteiger partial charge in [-0.3, -0.25) is 9.59 Å². The summed E-state index contributed by atoms with van der Waals surface area (Å²) in [5.41, 5.74) is 0.401. The smallest absolute Gasteiger partial charge is 0.504 e. The number of Topliss-reactive ketones (excluding diaryl/α,β-unsaturated/α-hetero) is 2. The molecule has 0 radical (unpaired) electrons. The van der Waals surface area contributed by atoms with Crippen LogP contribution in [0.4, 0.5) is 13.2 Å². The summed E-state index contributed by atoms with van der Waals surface area (Å²) in [7, 11) is 1.35. The monoisotopic (exact) mass is 410 g/mol. The van der Waals surface area contributed by atoms with E-state index < -0.39 is 29.7 Å². The van der Waals surface area contributed by atoms with Crippen LogP contribution in [0.1, 0.15) is 20.7 Å². The average molecular weight is 410 g/mol. The lowest BCUT2D eigenvalue weighted by Gasteiger charge is -2.16. The number of methoxy groups -OCH3 is 1. The van der Waals surface area contributed by atoms with Crippen LogP contribution in [0, 0.1) is 11.8 Å². The number of ether oxygens (including phenoxy) is 3. The topological polar surface area (TPSA) is 82.1 Å². The summed E-state index contributed by atoms with van der Waals surface area (Å²) in [5.74, 6) is -2.75. The Morgan fingerprint density at radius 1 is 1.00 bits per heavy atom. The van der Waals surface area contributed by atoms with Crippen LogP contribution < -0.4 is 9.47 Å². The number of halogens is 3. The van der Waals surface area contributed by atoms with Crippen LogP contribution >= 0.6 is 0 Å². The highest BCUT2D eigenvalue weighted by Crippen LogP contribution is 2.32. The molecule has 1 aliphatic heterocycles. The van der Waals surface area contributed by atoms with Gasteiger partial charge in [-0.05, 0) is 42.5 Å². The van der Waals surface area contributed by atoms with Crippen molar-refractivity contribution in [3.63, 3.8) is 0 Å². The molecule has 0 aliphatic carbocycles. The van der Waals surface area contributed by atoms with Crippen molar-refractivity contribution in [3.05, 3.63) is 53.6 Å². The molecule has 1 saturated heterocycles. The van der Waals surface area contributed by atoms with E-state index in [4.69, 9.17) is 9.47 Å². The van der Waals surface area contributed by atoms with Crippen LogP contribution in [0.3, 0.4) is 0 Å². The van der Waals surface area contributed by atoms with Gasteiger partial charge in [-0.25, -0.2) is 0 Å². The van der Waals surface area contributed by atoms with Gasteiger partial charge in [0.1, 0.15) is 5.75 Å². The number of phenols is 1. The molecule has 0 unspecified atom stereocenters. The average Bonchev–Trinajstić information content (AvgIpc) is 3.16. The molecule has 0 saturated carbocycles. The van der Waals surface area contributed by atoms with E-state index in [1.807, 2.05) is 0 Å². The van der Waals surface area contributed by atoms with Gasteiger partial charge < -0.3 is 19.3 Å². The molecule has 2 atom stereocenters. The van der Waals surface area contributed by atoms with Crippen LogP contribution in [0.2, 0.25) is 0 Å². The van der Waals surface area contributed by atoms with Crippen LogP contribution in [-0.2, 0) is 4.74 Å². The largest absolute Gasteiger partial charge is 0.573 e. The second kappa shape index (κ2) is 8.12. The van der Waals surface area contributed by atoms with Crippen molar-refractivity contribution in [1.29, 1.82) is 0 Å². The Labute approximate surface area is 163 Å². The molecule has 1 fully saturated rings. The number of hydrogen-bond acceptors (Lipinski definition) is 6. The maximum atomic E-state index is 12.9. The molecule has 29 heavy (non-hydrogen) atoms. The Hall–Kier alpha value is -3.07. The molecular formula is C20H17F3O6. The summed E-state index contributed by atoms with van der Waals surface area (Å²) in [5, 5.41) is 9.67. The summed E-state index contributed by atoms with van der Waals surface area (Å²) < 4.78 is 50.9. The molecule has 154 valence electrons. The van der Waals surface area contributed by atoms with Gasteiger partial charge in [0.15, 0.2) is 23.1 Å². The molecule has 3 rings (SSSR count). The van der Waals surface area contributed by atoms with Gasteiger partial charge in [-0.1, -0.05) is 0 Å². The molecule has 1 N–H and O–H groups in total. The maximum absolute atomic E-state index is 12.9. The van der Waals surface area contributed by atoms with Gasteiger partial charge in [-0.15, -0.1) is 13.2 Å². The fourth-order valence-corrected chi connectivity index (χ4v) is 3.15. The molecule has 9 heteroatoms. The van der Waals surface area contributed by atoms with E-state index in [0.717, 1.165) is 12.1 Å². The first-order valence-electron chi connectivity index (χ1n) is 8.58. The summed E-state index contributed by atoms with van der Waals surface area (Å²) in [4.78, 5) is 25.7. The number of aromatic hydroxyl groups is 1. The SMILES string of the molecule is COc1cc(C(=O)[C@H]2COC[C@@H]2C(=O)c2ccc(OC(F)(F)F)cc2)ccc1O. The van der Waals surface area contributed by atoms with Crippen molar-refractivity contribution in [2.45, 2.75) is 6.36 Å². The number of carbonyl (C=O) groups is 2. The Balaban J connectivity index is 1.78. The Morgan fingerprint density at radius 3 is 2.10 bits per heavy atom. The lowest BCUT2D eigenvalue weighted by atomic mass is 9.83. The lowest BCUT2D eigenvalue weighted by molar-refractivity contribution is -0.274. The van der Waals surface area contributed by atoms with Crippen LogP contribution in [0.15, 0.2) is 42.5 Å². The second-order valence-electron chi connectivity index (χ2n) is 6.44. The van der Waals surface area contributed by atoms with Crippen molar-refractivity contribution in [1.82, 2.24) is 0 Å². The Kier molecular flexibility index (Phi) is 5.78. The summed E-state index contributed by atoms with van der Waals surface area (Å²) in [6.07, 6.45) is -4.83. The summed E-state index contributed by atoms with van der Waals surface area (Å²) >= 11 is 0. The third-order valence-electron chi connectivity index (χ3n) is 4.59. The Bertz CT molecular complexity index is 907. The highest BCUT2D eigenvalue weighted by atomic mass is 19.4. The van der Waals surface area contributed by atoms with Crippen molar-refractivity contribution in [3.8, 4) is 17.2 Å². The molecular weight excluding hydrogens is 393 g/mol. The summed E-state index contributed by atoms with van der Waals surface area (Å²) in [6.45, 7) is 0.0545. The van der Waals surface area contributed by atoms with E-state index in [1.54, 1.807) is 0 Å². The molecule has 0 amide bonds. The minimum atomic E-state index is -4.83. The van der Waals surface area contributed by atoms with Gasteiger partial charge in [0.2, 0.25) is 0 Å². The summed E-state index contributed by atoms with van der Waals surface area (Å²) in [6, 6.07) is 8.62. The first-order valence-corrected chi connectivity index (χ1v) is 8.58. The predicted octanol–water partition coefficient (Wildman–Crippen LogP) is 3.63. The number of rotatable bonds is 6. The maximum Gasteiger partial charge on any atom is 0.573 e. The van der Waals surface area contributed by atoms with Crippen LogP contribution in [-0.4, -0.2) is 43.4 Å². The third-order valence-corrected chi connectivity index (χ3v) is 4.59. The van der Waals surface area contributed by atoms with E-state index in [1.165, 1.54) is 37.4 Å². The molecule has 0 bridgehead atoms.